The van der Waals surface area contributed by atoms with Gasteiger partial charge in [-0.25, -0.2) is 5.84 Å². The number of hydrogen-bond acceptors (Lipinski definition) is 6. The number of benzene rings is 2. The van der Waals surface area contributed by atoms with Crippen molar-refractivity contribution in [1.29, 1.82) is 0 Å². The highest BCUT2D eigenvalue weighted by Crippen LogP contribution is 2.25. The standard InChI is InChI=1S/C24H31N3O.C2H6N2O/c1-5-24(28-16-22-17(2)10-8-15-23(22)25-4)27-26-18(3)20-14-9-12-19-11-6-7-13-21(19)20;1-4(3)2-5/h8-10,12,14-15,25H,5-7,11,13,16H2,1-4H3;2H,3H2,1H3. The molecule has 33 heavy (non-hydrogen) atoms. The van der Waals surface area contributed by atoms with Crippen LogP contribution in [0.15, 0.2) is 46.6 Å². The Morgan fingerprint density at radius 1 is 1.18 bits per heavy atom. The van der Waals surface area contributed by atoms with Crippen LogP contribution in [0.2, 0.25) is 0 Å². The van der Waals surface area contributed by atoms with Gasteiger partial charge in [-0.05, 0) is 62.3 Å². The minimum atomic E-state index is 0.491. The van der Waals surface area contributed by atoms with Crippen LogP contribution in [0.3, 0.4) is 0 Å². The van der Waals surface area contributed by atoms with E-state index in [-0.39, 0.29) is 0 Å². The molecule has 3 rings (SSSR count). The maximum absolute atomic E-state index is 9.31. The minimum absolute atomic E-state index is 0.491. The summed E-state index contributed by atoms with van der Waals surface area (Å²) in [6, 6.07) is 12.8. The molecular formula is C26H37N5O2. The summed E-state index contributed by atoms with van der Waals surface area (Å²) in [5.74, 6) is 5.42. The fourth-order valence-electron chi connectivity index (χ4n) is 3.79. The number of amides is 1. The third-order valence-corrected chi connectivity index (χ3v) is 5.63. The van der Waals surface area contributed by atoms with Gasteiger partial charge in [0.25, 0.3) is 0 Å². The maximum atomic E-state index is 9.31. The Kier molecular flexibility index (Phi) is 10.6. The fraction of sp³-hybridized carbons (Fsp3) is 0.423. The number of nitrogens with one attached hydrogen (secondary N) is 1. The number of hydrazine groups is 1. The average molecular weight is 452 g/mol. The Labute approximate surface area is 197 Å². The van der Waals surface area contributed by atoms with Gasteiger partial charge in [-0.1, -0.05) is 37.3 Å². The molecule has 1 aliphatic carbocycles. The van der Waals surface area contributed by atoms with E-state index in [1.807, 2.05) is 27.0 Å². The molecule has 7 nitrogen and oxygen atoms in total. The number of rotatable bonds is 7. The minimum Gasteiger partial charge on any atom is -0.475 e. The zero-order valence-electron chi connectivity index (χ0n) is 20.5. The zero-order chi connectivity index (χ0) is 24.2. The predicted molar refractivity (Wildman–Crippen MR) is 137 cm³/mol. The van der Waals surface area contributed by atoms with Gasteiger partial charge < -0.3 is 10.1 Å². The van der Waals surface area contributed by atoms with Gasteiger partial charge in [0.2, 0.25) is 12.3 Å². The molecule has 0 spiro atoms. The van der Waals surface area contributed by atoms with Crippen molar-refractivity contribution in [2.24, 2.45) is 16.0 Å². The molecule has 0 aliphatic heterocycles. The van der Waals surface area contributed by atoms with Crippen molar-refractivity contribution in [2.75, 3.05) is 19.4 Å². The highest BCUT2D eigenvalue weighted by Gasteiger charge is 2.14. The van der Waals surface area contributed by atoms with Crippen LogP contribution in [-0.2, 0) is 29.0 Å². The van der Waals surface area contributed by atoms with E-state index in [0.717, 1.165) is 28.4 Å². The first-order valence-electron chi connectivity index (χ1n) is 11.4. The summed E-state index contributed by atoms with van der Waals surface area (Å²) >= 11 is 0. The SMILES string of the molecule is CCC(=NN=C(C)c1cccc2c1CCCC2)OCc1c(C)cccc1NC.CN(N)C=O. The molecule has 0 radical (unpaired) electrons. The highest BCUT2D eigenvalue weighted by atomic mass is 16.5. The van der Waals surface area contributed by atoms with Gasteiger partial charge in [0.05, 0.1) is 5.71 Å². The summed E-state index contributed by atoms with van der Waals surface area (Å²) in [6.07, 6.45) is 6.09. The Hall–Kier alpha value is -3.19. The highest BCUT2D eigenvalue weighted by molar-refractivity contribution is 6.00. The predicted octanol–water partition coefficient (Wildman–Crippen LogP) is 4.61. The van der Waals surface area contributed by atoms with Gasteiger partial charge in [0.1, 0.15) is 6.61 Å². The molecule has 3 N–H and O–H groups in total. The molecule has 0 heterocycles. The third-order valence-electron chi connectivity index (χ3n) is 5.63. The Morgan fingerprint density at radius 3 is 2.55 bits per heavy atom. The first-order valence-corrected chi connectivity index (χ1v) is 11.4. The molecule has 0 saturated heterocycles. The van der Waals surface area contributed by atoms with E-state index in [1.165, 1.54) is 48.6 Å². The Morgan fingerprint density at radius 2 is 1.88 bits per heavy atom. The molecule has 0 unspecified atom stereocenters. The monoisotopic (exact) mass is 451 g/mol. The van der Waals surface area contributed by atoms with Crippen LogP contribution in [0.4, 0.5) is 5.69 Å². The summed E-state index contributed by atoms with van der Waals surface area (Å²) in [5.41, 5.74) is 8.55. The van der Waals surface area contributed by atoms with Crippen LogP contribution >= 0.6 is 0 Å². The first-order chi connectivity index (χ1) is 15.9. The first kappa shape index (κ1) is 26.1. The molecule has 7 heteroatoms. The molecule has 0 aromatic heterocycles. The van der Waals surface area contributed by atoms with Crippen molar-refractivity contribution in [1.82, 2.24) is 5.01 Å². The second kappa shape index (κ2) is 13.4. The summed E-state index contributed by atoms with van der Waals surface area (Å²) in [4.78, 5) is 9.31. The number of nitrogens with zero attached hydrogens (tertiary/aromatic N) is 3. The summed E-state index contributed by atoms with van der Waals surface area (Å²) in [7, 11) is 3.40. The quantitative estimate of drug-likeness (QED) is 0.161. The van der Waals surface area contributed by atoms with E-state index in [0.29, 0.717) is 25.3 Å². The number of anilines is 1. The lowest BCUT2D eigenvalue weighted by Crippen LogP contribution is -2.23. The molecular weight excluding hydrogens is 414 g/mol. The topological polar surface area (TPSA) is 92.3 Å². The van der Waals surface area contributed by atoms with E-state index in [9.17, 15) is 4.79 Å². The molecule has 0 saturated carbocycles. The smallest absolute Gasteiger partial charge is 0.223 e. The van der Waals surface area contributed by atoms with E-state index in [1.54, 1.807) is 0 Å². The van der Waals surface area contributed by atoms with Crippen LogP contribution in [0.25, 0.3) is 0 Å². The molecule has 0 bridgehead atoms. The number of nitrogens with two attached hydrogens (primary N) is 1. The lowest BCUT2D eigenvalue weighted by molar-refractivity contribution is -0.117. The Balaban J connectivity index is 0.000000696. The van der Waals surface area contributed by atoms with Crippen molar-refractivity contribution in [3.63, 3.8) is 0 Å². The molecule has 1 amide bonds. The number of aryl methyl sites for hydroxylation is 2. The number of hydrogen-bond donors (Lipinski definition) is 2. The van der Waals surface area contributed by atoms with Gasteiger partial charge in [-0.3, -0.25) is 9.80 Å². The van der Waals surface area contributed by atoms with Crippen molar-refractivity contribution < 1.29 is 9.53 Å². The lowest BCUT2D eigenvalue weighted by atomic mass is 9.87. The van der Waals surface area contributed by atoms with Crippen LogP contribution < -0.4 is 11.2 Å². The second-order valence-corrected chi connectivity index (χ2v) is 8.09. The molecule has 2 aromatic carbocycles. The van der Waals surface area contributed by atoms with E-state index in [4.69, 9.17) is 10.6 Å². The molecule has 0 fully saturated rings. The van der Waals surface area contributed by atoms with Crippen molar-refractivity contribution in [2.45, 2.75) is 59.5 Å². The average Bonchev–Trinajstić information content (AvgIpc) is 2.84. The van der Waals surface area contributed by atoms with E-state index >= 15 is 0 Å². The number of carbonyl (C=O) groups excluding carboxylic acids is 1. The van der Waals surface area contributed by atoms with Crippen LogP contribution in [0.5, 0.6) is 0 Å². The summed E-state index contributed by atoms with van der Waals surface area (Å²) in [5, 5.41) is 13.1. The lowest BCUT2D eigenvalue weighted by Gasteiger charge is -2.18. The summed E-state index contributed by atoms with van der Waals surface area (Å²) < 4.78 is 6.00. The van der Waals surface area contributed by atoms with E-state index < -0.39 is 0 Å². The number of fused-ring (bicyclic) bond motifs is 1. The van der Waals surface area contributed by atoms with E-state index in [2.05, 4.69) is 52.8 Å². The van der Waals surface area contributed by atoms with Gasteiger partial charge >= 0.3 is 0 Å². The van der Waals surface area contributed by atoms with Crippen LogP contribution in [0, 0.1) is 6.92 Å². The van der Waals surface area contributed by atoms with Crippen LogP contribution in [0.1, 0.15) is 60.9 Å². The maximum Gasteiger partial charge on any atom is 0.223 e. The zero-order valence-corrected chi connectivity index (χ0v) is 20.5. The van der Waals surface area contributed by atoms with Crippen molar-refractivity contribution in [3.05, 3.63) is 64.2 Å². The third kappa shape index (κ3) is 7.71. The Bertz CT molecular complexity index is 983. The number of ether oxygens (including phenoxy) is 1. The fourth-order valence-corrected chi connectivity index (χ4v) is 3.79. The van der Waals surface area contributed by atoms with Crippen molar-refractivity contribution in [3.8, 4) is 0 Å². The molecule has 178 valence electrons. The van der Waals surface area contributed by atoms with Gasteiger partial charge in [0, 0.05) is 37.3 Å². The van der Waals surface area contributed by atoms with Crippen LogP contribution in [-0.4, -0.2) is 37.1 Å². The van der Waals surface area contributed by atoms with Crippen molar-refractivity contribution >= 4 is 23.7 Å². The number of carbonyl (C=O) groups is 1. The summed E-state index contributed by atoms with van der Waals surface area (Å²) in [6.45, 7) is 6.68. The normalized spacial score (nSPS) is 13.4. The molecule has 2 aromatic rings. The van der Waals surface area contributed by atoms with Gasteiger partial charge in [-0.2, -0.15) is 5.10 Å². The largest absolute Gasteiger partial charge is 0.475 e. The van der Waals surface area contributed by atoms with Gasteiger partial charge in [-0.15, -0.1) is 5.10 Å². The van der Waals surface area contributed by atoms with Gasteiger partial charge in [0.15, 0.2) is 0 Å². The second-order valence-electron chi connectivity index (χ2n) is 8.09. The molecule has 0 atom stereocenters. The molecule has 1 aliphatic rings.